The van der Waals surface area contributed by atoms with Gasteiger partial charge in [0, 0.05) is 5.41 Å². The molecule has 3 aliphatic rings. The highest BCUT2D eigenvalue weighted by Gasteiger charge is 2.56. The summed E-state index contributed by atoms with van der Waals surface area (Å²) in [6.07, 6.45) is 4.78. The Morgan fingerprint density at radius 3 is 1.90 bits per heavy atom. The fraction of sp³-hybridized carbons (Fsp3) is 0.241. The lowest BCUT2D eigenvalue weighted by molar-refractivity contribution is 0.233. The number of hydrogen-bond donors (Lipinski definition) is 0. The minimum Gasteiger partial charge on any atom is -0.0622 e. The van der Waals surface area contributed by atoms with Crippen LogP contribution < -0.4 is 0 Å². The summed E-state index contributed by atoms with van der Waals surface area (Å²) in [5, 5.41) is 3.00. The molecule has 3 aliphatic carbocycles. The molecule has 0 saturated carbocycles. The molecule has 4 aromatic rings. The number of benzene rings is 4. The number of fused-ring (bicyclic) bond motifs is 1. The molecule has 0 amide bonds. The van der Waals surface area contributed by atoms with Crippen molar-refractivity contribution in [3.8, 4) is 0 Å². The van der Waals surface area contributed by atoms with Crippen LogP contribution in [0.15, 0.2) is 84.9 Å². The van der Waals surface area contributed by atoms with Crippen LogP contribution >= 0.6 is 0 Å². The molecule has 0 nitrogen and oxygen atoms in total. The van der Waals surface area contributed by atoms with Crippen molar-refractivity contribution in [1.29, 1.82) is 0 Å². The van der Waals surface area contributed by atoms with Crippen molar-refractivity contribution in [3.63, 3.8) is 0 Å². The third kappa shape index (κ3) is 1.95. The van der Waals surface area contributed by atoms with E-state index in [0.29, 0.717) is 11.8 Å². The van der Waals surface area contributed by atoms with Gasteiger partial charge in [0.15, 0.2) is 0 Å². The maximum atomic E-state index is 2.44. The fourth-order valence-corrected chi connectivity index (χ4v) is 7.19. The maximum absolute atomic E-state index is 2.44. The monoisotopic (exact) mass is 372 g/mol. The summed E-state index contributed by atoms with van der Waals surface area (Å²) >= 11 is 0. The van der Waals surface area contributed by atoms with Crippen molar-refractivity contribution in [2.45, 2.75) is 31.1 Å². The van der Waals surface area contributed by atoms with Crippen molar-refractivity contribution < 1.29 is 0 Å². The van der Waals surface area contributed by atoms with E-state index < -0.39 is 0 Å². The maximum Gasteiger partial charge on any atom is 0.0280 e. The molecule has 140 valence electrons. The van der Waals surface area contributed by atoms with Crippen LogP contribution in [-0.4, -0.2) is 0 Å². The molecule has 29 heavy (non-hydrogen) atoms. The first-order valence-corrected chi connectivity index (χ1v) is 11.0. The van der Waals surface area contributed by atoms with Gasteiger partial charge in [0.2, 0.25) is 0 Å². The lowest BCUT2D eigenvalue weighted by atomic mass is 9.56. The standard InChI is InChI=1S/C29H24/c1-2-11-24(12-3-1)29-25-15-20-7-4-5-8-21(20)16-26(29)18-23-14-13-19-9-6-10-22(17-25)27(19)28(23)29/h1-14,25-26H,15-18H2/t25-,26+,29-/m0/s1. The molecule has 0 fully saturated rings. The summed E-state index contributed by atoms with van der Waals surface area (Å²) in [6.45, 7) is 0. The summed E-state index contributed by atoms with van der Waals surface area (Å²) in [7, 11) is 0. The van der Waals surface area contributed by atoms with Gasteiger partial charge in [-0.1, -0.05) is 84.9 Å². The molecular weight excluding hydrogens is 348 g/mol. The Labute approximate surface area is 172 Å². The van der Waals surface area contributed by atoms with E-state index in [9.17, 15) is 0 Å². The first kappa shape index (κ1) is 16.0. The van der Waals surface area contributed by atoms with E-state index in [-0.39, 0.29) is 5.41 Å². The molecule has 0 aromatic heterocycles. The predicted molar refractivity (Wildman–Crippen MR) is 119 cm³/mol. The normalized spacial score (nSPS) is 26.2. The van der Waals surface area contributed by atoms with E-state index in [0.717, 1.165) is 0 Å². The van der Waals surface area contributed by atoms with Gasteiger partial charge in [-0.15, -0.1) is 0 Å². The Morgan fingerprint density at radius 2 is 1.14 bits per heavy atom. The van der Waals surface area contributed by atoms with Crippen LogP contribution in [0.25, 0.3) is 10.8 Å². The Morgan fingerprint density at radius 1 is 0.517 bits per heavy atom. The van der Waals surface area contributed by atoms with Gasteiger partial charge in [0.1, 0.15) is 0 Å². The van der Waals surface area contributed by atoms with Crippen molar-refractivity contribution in [1.82, 2.24) is 0 Å². The molecule has 0 saturated heterocycles. The van der Waals surface area contributed by atoms with Gasteiger partial charge in [-0.25, -0.2) is 0 Å². The van der Waals surface area contributed by atoms with E-state index in [1.54, 1.807) is 38.8 Å². The van der Waals surface area contributed by atoms with Crippen LogP contribution in [0.4, 0.5) is 0 Å². The fourth-order valence-electron chi connectivity index (χ4n) is 7.19. The van der Waals surface area contributed by atoms with Crippen LogP contribution in [0.2, 0.25) is 0 Å². The van der Waals surface area contributed by atoms with Gasteiger partial charge in [0.05, 0.1) is 0 Å². The topological polar surface area (TPSA) is 0 Å². The average Bonchev–Trinajstić information content (AvgIpc) is 3.03. The quantitative estimate of drug-likeness (QED) is 0.369. The molecule has 0 bridgehead atoms. The lowest BCUT2D eigenvalue weighted by Gasteiger charge is -2.46. The van der Waals surface area contributed by atoms with E-state index in [2.05, 4.69) is 84.9 Å². The van der Waals surface area contributed by atoms with Crippen LogP contribution in [0.1, 0.15) is 33.4 Å². The molecule has 0 radical (unpaired) electrons. The third-order valence-electron chi connectivity index (χ3n) is 8.15. The summed E-state index contributed by atoms with van der Waals surface area (Å²) in [6, 6.07) is 32.5. The predicted octanol–water partition coefficient (Wildman–Crippen LogP) is 6.27. The van der Waals surface area contributed by atoms with Gasteiger partial charge in [-0.05, 0) is 81.7 Å². The van der Waals surface area contributed by atoms with Crippen LogP contribution in [0, 0.1) is 11.8 Å². The van der Waals surface area contributed by atoms with Crippen LogP contribution in [0.5, 0.6) is 0 Å². The first-order valence-electron chi connectivity index (χ1n) is 11.0. The molecule has 4 aromatic carbocycles. The average molecular weight is 373 g/mol. The van der Waals surface area contributed by atoms with Crippen molar-refractivity contribution in [2.24, 2.45) is 11.8 Å². The first-order chi connectivity index (χ1) is 14.4. The Kier molecular flexibility index (Phi) is 3.09. The van der Waals surface area contributed by atoms with Crippen LogP contribution in [-0.2, 0) is 31.1 Å². The molecule has 0 heterocycles. The van der Waals surface area contributed by atoms with Gasteiger partial charge in [-0.3, -0.25) is 0 Å². The molecule has 0 heteroatoms. The SMILES string of the molecule is c1ccc([C@]23c4c5ccc6cccc(c46)C[C@@H]2Cc2ccccc2C[C@@H]3C5)cc1. The zero-order chi connectivity index (χ0) is 19.0. The second-order valence-corrected chi connectivity index (χ2v) is 9.33. The Hall–Kier alpha value is -2.86. The summed E-state index contributed by atoms with van der Waals surface area (Å²) in [5.74, 6) is 1.27. The summed E-state index contributed by atoms with van der Waals surface area (Å²) < 4.78 is 0. The van der Waals surface area contributed by atoms with Crippen molar-refractivity contribution >= 4 is 10.8 Å². The van der Waals surface area contributed by atoms with E-state index >= 15 is 0 Å². The smallest absolute Gasteiger partial charge is 0.0280 e. The zero-order valence-electron chi connectivity index (χ0n) is 16.6. The highest BCUT2D eigenvalue weighted by molar-refractivity contribution is 5.93. The van der Waals surface area contributed by atoms with E-state index in [1.807, 2.05) is 0 Å². The minimum absolute atomic E-state index is 0.142. The molecule has 0 N–H and O–H groups in total. The lowest BCUT2D eigenvalue weighted by Crippen LogP contribution is -2.44. The van der Waals surface area contributed by atoms with E-state index in [1.165, 1.54) is 31.1 Å². The van der Waals surface area contributed by atoms with Crippen LogP contribution in [0.3, 0.4) is 0 Å². The largest absolute Gasteiger partial charge is 0.0622 e. The highest BCUT2D eigenvalue weighted by atomic mass is 14.6. The molecule has 3 atom stereocenters. The highest BCUT2D eigenvalue weighted by Crippen LogP contribution is 2.61. The molecule has 0 unspecified atom stereocenters. The number of hydrogen-bond acceptors (Lipinski definition) is 0. The molecular formula is C29H24. The van der Waals surface area contributed by atoms with E-state index in [4.69, 9.17) is 0 Å². The summed E-state index contributed by atoms with van der Waals surface area (Å²) in [4.78, 5) is 0. The molecule has 0 aliphatic heterocycles. The van der Waals surface area contributed by atoms with Gasteiger partial charge >= 0.3 is 0 Å². The molecule has 0 spiro atoms. The molecule has 7 rings (SSSR count). The zero-order valence-corrected chi connectivity index (χ0v) is 16.6. The van der Waals surface area contributed by atoms with Crippen molar-refractivity contribution in [3.05, 3.63) is 118 Å². The Bertz CT molecular complexity index is 1250. The van der Waals surface area contributed by atoms with Crippen molar-refractivity contribution in [2.75, 3.05) is 0 Å². The second kappa shape index (κ2) is 5.60. The van der Waals surface area contributed by atoms with Gasteiger partial charge in [-0.2, -0.15) is 0 Å². The second-order valence-electron chi connectivity index (χ2n) is 9.33. The van der Waals surface area contributed by atoms with Gasteiger partial charge in [0.25, 0.3) is 0 Å². The number of rotatable bonds is 1. The van der Waals surface area contributed by atoms with Gasteiger partial charge < -0.3 is 0 Å². The Balaban J connectivity index is 1.62. The summed E-state index contributed by atoms with van der Waals surface area (Å²) in [5.41, 5.74) is 9.68. The third-order valence-corrected chi connectivity index (χ3v) is 8.15. The minimum atomic E-state index is 0.142.